The third kappa shape index (κ3) is 5.53. The molecule has 0 atom stereocenters. The molecule has 9 aromatic rings. The van der Waals surface area contributed by atoms with Gasteiger partial charge in [0.05, 0.1) is 11.4 Å². The van der Waals surface area contributed by atoms with Crippen molar-refractivity contribution in [3.63, 3.8) is 0 Å². The van der Waals surface area contributed by atoms with Crippen molar-refractivity contribution >= 4 is 62.1 Å². The normalized spacial score (nSPS) is 12.7. The lowest BCUT2D eigenvalue weighted by molar-refractivity contribution is 0.465. The molecule has 2 aliphatic heterocycles. The third-order valence-corrected chi connectivity index (χ3v) is 11.6. The van der Waals surface area contributed by atoms with E-state index in [1.54, 1.807) is 0 Å². The van der Waals surface area contributed by atoms with Crippen molar-refractivity contribution < 1.29 is 13.9 Å². The smallest absolute Gasteiger partial charge is 0.260 e. The summed E-state index contributed by atoms with van der Waals surface area (Å²) in [6, 6.07) is 62.1. The van der Waals surface area contributed by atoms with E-state index >= 15 is 0 Å². The van der Waals surface area contributed by atoms with Crippen molar-refractivity contribution in [2.75, 3.05) is 4.90 Å². The molecule has 0 saturated carbocycles. The van der Waals surface area contributed by atoms with Gasteiger partial charge in [-0.2, -0.15) is 0 Å². The summed E-state index contributed by atoms with van der Waals surface area (Å²) < 4.78 is 20.7. The van der Waals surface area contributed by atoms with E-state index in [9.17, 15) is 0 Å². The number of furan rings is 1. The number of hydrogen-bond donors (Lipinski definition) is 0. The minimum atomic E-state index is -0.0791. The first-order valence-electron chi connectivity index (χ1n) is 19.6. The summed E-state index contributed by atoms with van der Waals surface area (Å²) in [7, 11) is 0. The van der Waals surface area contributed by atoms with Crippen LogP contribution < -0.4 is 30.8 Å². The first-order chi connectivity index (χ1) is 27.9. The van der Waals surface area contributed by atoms with Gasteiger partial charge in [0.15, 0.2) is 5.58 Å². The lowest BCUT2D eigenvalue weighted by Gasteiger charge is -2.35. The Kier molecular flexibility index (Phi) is 7.49. The molecule has 5 heteroatoms. The Balaban J connectivity index is 1.14. The van der Waals surface area contributed by atoms with E-state index in [1.165, 1.54) is 5.56 Å². The van der Waals surface area contributed by atoms with Crippen LogP contribution in [-0.2, 0) is 5.41 Å². The summed E-state index contributed by atoms with van der Waals surface area (Å²) in [6.45, 7) is 6.66. The average Bonchev–Trinajstić information content (AvgIpc) is 3.63. The number of para-hydroxylation sites is 2. The van der Waals surface area contributed by atoms with Crippen LogP contribution in [-0.4, -0.2) is 6.71 Å². The molecule has 57 heavy (non-hydrogen) atoms. The Bertz CT molecular complexity index is 2890. The van der Waals surface area contributed by atoms with Gasteiger partial charge in [0.1, 0.15) is 28.6 Å². The van der Waals surface area contributed by atoms with Crippen molar-refractivity contribution in [2.45, 2.75) is 26.2 Å². The second-order valence-corrected chi connectivity index (χ2v) is 16.1. The van der Waals surface area contributed by atoms with Crippen LogP contribution in [0.2, 0.25) is 0 Å². The van der Waals surface area contributed by atoms with Gasteiger partial charge >= 0.3 is 0 Å². The highest BCUT2D eigenvalue weighted by atomic mass is 16.5. The first kappa shape index (κ1) is 33.4. The third-order valence-electron chi connectivity index (χ3n) is 11.6. The van der Waals surface area contributed by atoms with E-state index in [2.05, 4.69) is 189 Å². The predicted molar refractivity (Wildman–Crippen MR) is 236 cm³/mol. The van der Waals surface area contributed by atoms with Crippen molar-refractivity contribution in [2.24, 2.45) is 0 Å². The van der Waals surface area contributed by atoms with Crippen molar-refractivity contribution in [3.8, 4) is 45.3 Å². The van der Waals surface area contributed by atoms with E-state index in [-0.39, 0.29) is 12.1 Å². The van der Waals surface area contributed by atoms with Gasteiger partial charge < -0.3 is 18.8 Å². The van der Waals surface area contributed by atoms with Gasteiger partial charge in [-0.05, 0) is 80.6 Å². The number of nitrogens with zero attached hydrogens (tertiary/aromatic N) is 1. The SMILES string of the molecule is CC(C)(C)c1ccc(N(c2cc3c4c(c2)Oc2cc(-c5ccccc5)ccc2B4c2ccc(-c4ccccc4)cc2O3)c2cccc3c2oc2ccccc23)cc1. The number of fused-ring (bicyclic) bond motifs is 7. The van der Waals surface area contributed by atoms with Crippen LogP contribution in [0.25, 0.3) is 44.2 Å². The lowest BCUT2D eigenvalue weighted by atomic mass is 9.34. The number of benzene rings is 8. The topological polar surface area (TPSA) is 34.8 Å². The zero-order valence-electron chi connectivity index (χ0n) is 32.0. The van der Waals surface area contributed by atoms with Gasteiger partial charge in [0.2, 0.25) is 0 Å². The number of hydrogen-bond acceptors (Lipinski definition) is 4. The van der Waals surface area contributed by atoms with Gasteiger partial charge in [0, 0.05) is 34.1 Å². The summed E-state index contributed by atoms with van der Waals surface area (Å²) in [6.07, 6.45) is 0. The summed E-state index contributed by atoms with van der Waals surface area (Å²) >= 11 is 0. The van der Waals surface area contributed by atoms with Gasteiger partial charge in [0.25, 0.3) is 6.71 Å². The maximum Gasteiger partial charge on any atom is 0.260 e. The van der Waals surface area contributed by atoms with Crippen molar-refractivity contribution in [1.29, 1.82) is 0 Å². The van der Waals surface area contributed by atoms with Crippen molar-refractivity contribution in [3.05, 3.63) is 181 Å². The summed E-state index contributed by atoms with van der Waals surface area (Å²) in [5.74, 6) is 3.24. The van der Waals surface area contributed by atoms with Crippen LogP contribution >= 0.6 is 0 Å². The molecule has 0 aliphatic carbocycles. The molecule has 0 radical (unpaired) electrons. The molecule has 4 nitrogen and oxygen atoms in total. The molecular formula is C52H38BNO3. The number of rotatable bonds is 5. The summed E-state index contributed by atoms with van der Waals surface area (Å²) in [5.41, 5.74) is 13.6. The van der Waals surface area contributed by atoms with E-state index in [0.29, 0.717) is 0 Å². The lowest BCUT2D eigenvalue weighted by Crippen LogP contribution is -2.57. The molecule has 1 aromatic heterocycles. The van der Waals surface area contributed by atoms with Gasteiger partial charge in [-0.1, -0.05) is 148 Å². The van der Waals surface area contributed by atoms with Gasteiger partial charge in [-0.15, -0.1) is 0 Å². The molecule has 0 bridgehead atoms. The highest BCUT2D eigenvalue weighted by Crippen LogP contribution is 2.46. The Morgan fingerprint density at radius 1 is 0.456 bits per heavy atom. The fourth-order valence-corrected chi connectivity index (χ4v) is 8.67. The summed E-state index contributed by atoms with van der Waals surface area (Å²) in [5, 5.41) is 2.15. The largest absolute Gasteiger partial charge is 0.458 e. The Labute approximate surface area is 332 Å². The zero-order valence-corrected chi connectivity index (χ0v) is 32.0. The van der Waals surface area contributed by atoms with Crippen LogP contribution in [0.4, 0.5) is 17.1 Å². The highest BCUT2D eigenvalue weighted by Gasteiger charge is 2.41. The Morgan fingerprint density at radius 2 is 1.02 bits per heavy atom. The number of ether oxygens (including phenoxy) is 2. The second kappa shape index (κ2) is 12.8. The van der Waals surface area contributed by atoms with E-state index in [4.69, 9.17) is 13.9 Å². The molecule has 11 rings (SSSR count). The average molecular weight is 736 g/mol. The zero-order chi connectivity index (χ0) is 38.3. The van der Waals surface area contributed by atoms with E-state index in [1.807, 2.05) is 12.1 Å². The molecule has 3 heterocycles. The minimum Gasteiger partial charge on any atom is -0.458 e. The fourth-order valence-electron chi connectivity index (χ4n) is 8.67. The van der Waals surface area contributed by atoms with E-state index in [0.717, 1.165) is 101 Å². The van der Waals surface area contributed by atoms with Crippen LogP contribution in [0, 0.1) is 0 Å². The van der Waals surface area contributed by atoms with Crippen LogP contribution in [0.1, 0.15) is 26.3 Å². The van der Waals surface area contributed by atoms with Crippen LogP contribution in [0.15, 0.2) is 180 Å². The van der Waals surface area contributed by atoms with Gasteiger partial charge in [-0.3, -0.25) is 0 Å². The van der Waals surface area contributed by atoms with Crippen LogP contribution in [0.3, 0.4) is 0 Å². The molecule has 0 fully saturated rings. The second-order valence-electron chi connectivity index (χ2n) is 16.1. The predicted octanol–water partition coefficient (Wildman–Crippen LogP) is 12.4. The van der Waals surface area contributed by atoms with Crippen LogP contribution in [0.5, 0.6) is 23.0 Å². The maximum absolute atomic E-state index is 7.03. The molecule has 0 N–H and O–H groups in total. The van der Waals surface area contributed by atoms with Crippen molar-refractivity contribution in [1.82, 2.24) is 0 Å². The quantitative estimate of drug-likeness (QED) is 0.165. The molecule has 0 saturated heterocycles. The Morgan fingerprint density at radius 3 is 1.61 bits per heavy atom. The highest BCUT2D eigenvalue weighted by molar-refractivity contribution is 6.98. The minimum absolute atomic E-state index is 0.00673. The maximum atomic E-state index is 7.03. The van der Waals surface area contributed by atoms with E-state index < -0.39 is 0 Å². The molecule has 272 valence electrons. The molecule has 0 unspecified atom stereocenters. The molecular weight excluding hydrogens is 697 g/mol. The molecule has 8 aromatic carbocycles. The first-order valence-corrected chi connectivity index (χ1v) is 19.6. The summed E-state index contributed by atoms with van der Waals surface area (Å²) in [4.78, 5) is 2.28. The van der Waals surface area contributed by atoms with Gasteiger partial charge in [-0.25, -0.2) is 0 Å². The monoisotopic (exact) mass is 735 g/mol. The molecule has 2 aliphatic rings. The molecule has 0 amide bonds. The number of anilines is 3. The fraction of sp³-hybridized carbons (Fsp3) is 0.0769. The molecule has 0 spiro atoms. The standard InChI is InChI=1S/C52H38BNO3/c1-52(2,3)37-23-25-38(26-24-37)54(44-19-12-18-41-40-17-10-11-20-45(40)57-51(41)44)39-31-48-50-49(32-39)56-47-30-36(34-15-8-5-9-16-34)22-28-43(47)53(50)42-27-21-35(29-46(42)55-48)33-13-6-4-7-14-33/h4-32H,1-3H3. The Hall–Kier alpha value is -6.98.